The van der Waals surface area contributed by atoms with Gasteiger partial charge in [0.2, 0.25) is 6.10 Å². The van der Waals surface area contributed by atoms with Crippen LogP contribution in [-0.2, 0) is 14.3 Å². The Hall–Kier alpha value is -2.62. The highest BCUT2D eigenvalue weighted by Crippen LogP contribution is 2.40. The highest BCUT2D eigenvalue weighted by Gasteiger charge is 2.42. The summed E-state index contributed by atoms with van der Waals surface area (Å²) in [6.45, 7) is 5.92. The van der Waals surface area contributed by atoms with E-state index >= 15 is 0 Å². The average molecular weight is 337 g/mol. The minimum absolute atomic E-state index is 0.0836. The van der Waals surface area contributed by atoms with Gasteiger partial charge in [0.1, 0.15) is 0 Å². The monoisotopic (exact) mass is 337 g/mol. The van der Waals surface area contributed by atoms with Crippen LogP contribution in [0.4, 0.5) is 5.69 Å². The van der Waals surface area contributed by atoms with Crippen LogP contribution in [0.1, 0.15) is 36.1 Å². The summed E-state index contributed by atoms with van der Waals surface area (Å²) >= 11 is 0. The summed E-state index contributed by atoms with van der Waals surface area (Å²) in [6.07, 6.45) is -0.111. The Morgan fingerprint density at radius 3 is 2.44 bits per heavy atom. The van der Waals surface area contributed by atoms with Gasteiger partial charge in [-0.2, -0.15) is 0 Å². The molecule has 1 N–H and O–H groups in total. The molecule has 3 rings (SSSR count). The van der Waals surface area contributed by atoms with Gasteiger partial charge in [0, 0.05) is 11.3 Å². The summed E-state index contributed by atoms with van der Waals surface area (Å²) in [4.78, 5) is 25.1. The number of rotatable bonds is 5. The second-order valence-corrected chi connectivity index (χ2v) is 6.85. The third-order valence-corrected chi connectivity index (χ3v) is 4.64. The summed E-state index contributed by atoms with van der Waals surface area (Å²) in [5.41, 5.74) is 3.43. The SMILES string of the molecule is Cc1ccc(C)c(NC(=O)[C@@H](OC(=O)[C@@H]2C[C@@H]2C)c2ccccc2)c1. The number of hydrogen-bond acceptors (Lipinski definition) is 3. The van der Waals surface area contributed by atoms with Gasteiger partial charge >= 0.3 is 5.97 Å². The van der Waals surface area contributed by atoms with Gasteiger partial charge < -0.3 is 10.1 Å². The van der Waals surface area contributed by atoms with Crippen LogP contribution in [0.25, 0.3) is 0 Å². The minimum atomic E-state index is -0.943. The van der Waals surface area contributed by atoms with E-state index in [-0.39, 0.29) is 17.8 Å². The summed E-state index contributed by atoms with van der Waals surface area (Å²) in [7, 11) is 0. The van der Waals surface area contributed by atoms with E-state index in [1.165, 1.54) is 0 Å². The first kappa shape index (κ1) is 17.2. The Labute approximate surface area is 148 Å². The predicted molar refractivity (Wildman–Crippen MR) is 97.1 cm³/mol. The maximum absolute atomic E-state index is 12.8. The van der Waals surface area contributed by atoms with E-state index in [1.54, 1.807) is 12.1 Å². The number of anilines is 1. The van der Waals surface area contributed by atoms with Crippen molar-refractivity contribution < 1.29 is 14.3 Å². The fourth-order valence-electron chi connectivity index (χ4n) is 2.82. The molecule has 0 heterocycles. The van der Waals surface area contributed by atoms with Gasteiger partial charge in [0.25, 0.3) is 5.91 Å². The molecular weight excluding hydrogens is 314 g/mol. The molecule has 0 spiro atoms. The number of amides is 1. The van der Waals surface area contributed by atoms with Crippen LogP contribution in [0.2, 0.25) is 0 Å². The quantitative estimate of drug-likeness (QED) is 0.833. The van der Waals surface area contributed by atoms with Crippen molar-refractivity contribution in [1.29, 1.82) is 0 Å². The number of carbonyl (C=O) groups excluding carboxylic acids is 2. The Morgan fingerprint density at radius 2 is 1.80 bits per heavy atom. The molecule has 2 aromatic carbocycles. The second kappa shape index (κ2) is 7.09. The van der Waals surface area contributed by atoms with Crippen LogP contribution in [0.5, 0.6) is 0 Å². The molecule has 0 aliphatic heterocycles. The third kappa shape index (κ3) is 4.08. The first-order valence-corrected chi connectivity index (χ1v) is 8.59. The van der Waals surface area contributed by atoms with Crippen LogP contribution in [0, 0.1) is 25.7 Å². The highest BCUT2D eigenvalue weighted by molar-refractivity contribution is 5.97. The maximum atomic E-state index is 12.8. The van der Waals surface area contributed by atoms with E-state index in [0.29, 0.717) is 11.5 Å². The van der Waals surface area contributed by atoms with Crippen molar-refractivity contribution in [2.75, 3.05) is 5.32 Å². The Morgan fingerprint density at radius 1 is 1.12 bits per heavy atom. The van der Waals surface area contributed by atoms with Crippen molar-refractivity contribution in [3.63, 3.8) is 0 Å². The van der Waals surface area contributed by atoms with Gasteiger partial charge in [-0.1, -0.05) is 49.4 Å². The topological polar surface area (TPSA) is 55.4 Å². The molecule has 1 fully saturated rings. The minimum Gasteiger partial charge on any atom is -0.447 e. The number of aryl methyl sites for hydroxylation is 2. The van der Waals surface area contributed by atoms with E-state index in [0.717, 1.165) is 23.2 Å². The molecule has 0 bridgehead atoms. The van der Waals surface area contributed by atoms with Gasteiger partial charge in [-0.15, -0.1) is 0 Å². The molecule has 1 saturated carbocycles. The lowest BCUT2D eigenvalue weighted by Gasteiger charge is -2.19. The predicted octanol–water partition coefficient (Wildman–Crippen LogP) is 4.18. The van der Waals surface area contributed by atoms with E-state index in [4.69, 9.17) is 4.74 Å². The van der Waals surface area contributed by atoms with Gasteiger partial charge in [-0.05, 0) is 43.4 Å². The van der Waals surface area contributed by atoms with E-state index in [1.807, 2.05) is 57.2 Å². The van der Waals surface area contributed by atoms with Crippen molar-refractivity contribution in [2.45, 2.75) is 33.3 Å². The molecular formula is C21H23NO3. The lowest BCUT2D eigenvalue weighted by Crippen LogP contribution is -2.27. The van der Waals surface area contributed by atoms with Gasteiger partial charge in [-0.25, -0.2) is 0 Å². The zero-order valence-electron chi connectivity index (χ0n) is 14.8. The van der Waals surface area contributed by atoms with Gasteiger partial charge in [0.05, 0.1) is 5.92 Å². The average Bonchev–Trinajstić information content (AvgIpc) is 3.33. The molecule has 0 saturated heterocycles. The van der Waals surface area contributed by atoms with Crippen molar-refractivity contribution >= 4 is 17.6 Å². The summed E-state index contributed by atoms with van der Waals surface area (Å²) in [5, 5.41) is 2.91. The Kier molecular flexibility index (Phi) is 4.88. The van der Waals surface area contributed by atoms with Crippen LogP contribution in [0.3, 0.4) is 0 Å². The number of nitrogens with one attached hydrogen (secondary N) is 1. The number of ether oxygens (including phenoxy) is 1. The fraction of sp³-hybridized carbons (Fsp3) is 0.333. The zero-order valence-corrected chi connectivity index (χ0v) is 14.8. The first-order valence-electron chi connectivity index (χ1n) is 8.59. The number of hydrogen-bond donors (Lipinski definition) is 1. The number of esters is 1. The zero-order chi connectivity index (χ0) is 18.0. The lowest BCUT2D eigenvalue weighted by atomic mass is 10.1. The molecule has 1 aliphatic rings. The van der Waals surface area contributed by atoms with E-state index in [9.17, 15) is 9.59 Å². The lowest BCUT2D eigenvalue weighted by molar-refractivity contribution is -0.156. The first-order chi connectivity index (χ1) is 12.0. The smallest absolute Gasteiger partial charge is 0.310 e. The van der Waals surface area contributed by atoms with Gasteiger partial charge in [-0.3, -0.25) is 9.59 Å². The molecule has 2 aromatic rings. The maximum Gasteiger partial charge on any atom is 0.310 e. The Bertz CT molecular complexity index is 785. The van der Waals surface area contributed by atoms with Crippen molar-refractivity contribution in [1.82, 2.24) is 0 Å². The number of carbonyl (C=O) groups is 2. The third-order valence-electron chi connectivity index (χ3n) is 4.64. The normalized spacial score (nSPS) is 19.8. The van der Waals surface area contributed by atoms with Crippen LogP contribution < -0.4 is 5.32 Å². The molecule has 0 aromatic heterocycles. The summed E-state index contributed by atoms with van der Waals surface area (Å²) in [5.74, 6) is -0.371. The molecule has 25 heavy (non-hydrogen) atoms. The highest BCUT2D eigenvalue weighted by atomic mass is 16.5. The molecule has 0 radical (unpaired) electrons. The van der Waals surface area contributed by atoms with E-state index in [2.05, 4.69) is 5.32 Å². The Balaban J connectivity index is 1.81. The van der Waals surface area contributed by atoms with Crippen LogP contribution in [-0.4, -0.2) is 11.9 Å². The van der Waals surface area contributed by atoms with Crippen molar-refractivity contribution in [2.24, 2.45) is 11.8 Å². The van der Waals surface area contributed by atoms with E-state index < -0.39 is 6.10 Å². The molecule has 1 aliphatic carbocycles. The molecule has 4 heteroatoms. The molecule has 0 unspecified atom stereocenters. The number of benzene rings is 2. The largest absolute Gasteiger partial charge is 0.447 e. The van der Waals surface area contributed by atoms with Crippen molar-refractivity contribution in [3.05, 3.63) is 65.2 Å². The van der Waals surface area contributed by atoms with Crippen molar-refractivity contribution in [3.8, 4) is 0 Å². The fourth-order valence-corrected chi connectivity index (χ4v) is 2.82. The molecule has 4 nitrogen and oxygen atoms in total. The molecule has 130 valence electrons. The van der Waals surface area contributed by atoms with Crippen LogP contribution >= 0.6 is 0 Å². The summed E-state index contributed by atoms with van der Waals surface area (Å²) in [6, 6.07) is 15.0. The summed E-state index contributed by atoms with van der Waals surface area (Å²) < 4.78 is 5.58. The standard InChI is InChI=1S/C21H23NO3/c1-13-9-10-14(2)18(11-13)22-20(23)19(16-7-5-4-6-8-16)25-21(24)17-12-15(17)3/h4-11,15,17,19H,12H2,1-3H3,(H,22,23)/t15-,17+,19-/m0/s1. The molecule has 3 atom stereocenters. The van der Waals surface area contributed by atoms with Gasteiger partial charge in [0.15, 0.2) is 0 Å². The second-order valence-electron chi connectivity index (χ2n) is 6.85. The molecule has 1 amide bonds. The van der Waals surface area contributed by atoms with Crippen LogP contribution in [0.15, 0.2) is 48.5 Å².